The van der Waals surface area contributed by atoms with Gasteiger partial charge in [-0.3, -0.25) is 0 Å². The van der Waals surface area contributed by atoms with Crippen molar-refractivity contribution in [3.8, 4) is 5.75 Å². The Morgan fingerprint density at radius 1 is 1.27 bits per heavy atom. The summed E-state index contributed by atoms with van der Waals surface area (Å²) in [5, 5.41) is 6.66. The Hall–Kier alpha value is -1.22. The predicted molar refractivity (Wildman–Crippen MR) is 60.5 cm³/mol. The molecule has 1 unspecified atom stereocenters. The summed E-state index contributed by atoms with van der Waals surface area (Å²) in [6.45, 7) is 3.12. The molecule has 2 aliphatic rings. The summed E-state index contributed by atoms with van der Waals surface area (Å²) in [7, 11) is 0. The van der Waals surface area contributed by atoms with Crippen LogP contribution in [0.3, 0.4) is 0 Å². The number of rotatable bonds is 2. The zero-order valence-corrected chi connectivity index (χ0v) is 8.75. The molecule has 0 amide bonds. The van der Waals surface area contributed by atoms with Gasteiger partial charge in [-0.25, -0.2) is 0 Å². The van der Waals surface area contributed by atoms with E-state index in [0.717, 1.165) is 38.2 Å². The van der Waals surface area contributed by atoms with Crippen LogP contribution in [-0.2, 0) is 6.42 Å². The van der Waals surface area contributed by atoms with Gasteiger partial charge in [0.15, 0.2) is 0 Å². The summed E-state index contributed by atoms with van der Waals surface area (Å²) in [5.74, 6) is 1.02. The Balaban J connectivity index is 1.75. The van der Waals surface area contributed by atoms with E-state index in [2.05, 4.69) is 28.8 Å². The molecule has 1 fully saturated rings. The molecule has 15 heavy (non-hydrogen) atoms. The van der Waals surface area contributed by atoms with Gasteiger partial charge in [0.2, 0.25) is 0 Å². The second-order valence-corrected chi connectivity index (χ2v) is 4.23. The summed E-state index contributed by atoms with van der Waals surface area (Å²) >= 11 is 0. The molecule has 0 spiro atoms. The maximum absolute atomic E-state index is 5.91. The van der Waals surface area contributed by atoms with E-state index in [4.69, 9.17) is 4.74 Å². The van der Waals surface area contributed by atoms with E-state index in [1.165, 1.54) is 11.3 Å². The highest BCUT2D eigenvalue weighted by atomic mass is 16.5. The fourth-order valence-corrected chi connectivity index (χ4v) is 2.28. The van der Waals surface area contributed by atoms with Gasteiger partial charge in [0.25, 0.3) is 0 Å². The highest BCUT2D eigenvalue weighted by molar-refractivity contribution is 5.57. The van der Waals surface area contributed by atoms with Crippen LogP contribution in [0.4, 0.5) is 5.69 Å². The predicted octanol–water partition coefficient (Wildman–Crippen LogP) is 1.40. The van der Waals surface area contributed by atoms with Crippen LogP contribution >= 0.6 is 0 Å². The van der Waals surface area contributed by atoms with Gasteiger partial charge in [-0.1, -0.05) is 0 Å². The van der Waals surface area contributed by atoms with Gasteiger partial charge >= 0.3 is 0 Å². The largest absolute Gasteiger partial charge is 0.489 e. The number of fused-ring (bicyclic) bond motifs is 1. The molecule has 2 N–H and O–H groups in total. The molecule has 2 heterocycles. The van der Waals surface area contributed by atoms with E-state index >= 15 is 0 Å². The van der Waals surface area contributed by atoms with E-state index in [1.54, 1.807) is 0 Å². The molecule has 0 saturated carbocycles. The molecule has 3 rings (SSSR count). The van der Waals surface area contributed by atoms with Gasteiger partial charge in [0, 0.05) is 18.8 Å². The van der Waals surface area contributed by atoms with Crippen molar-refractivity contribution in [3.63, 3.8) is 0 Å². The van der Waals surface area contributed by atoms with Gasteiger partial charge in [0.1, 0.15) is 11.9 Å². The Morgan fingerprint density at radius 3 is 3.13 bits per heavy atom. The second-order valence-electron chi connectivity index (χ2n) is 4.23. The first-order valence-corrected chi connectivity index (χ1v) is 5.66. The van der Waals surface area contributed by atoms with Crippen molar-refractivity contribution in [1.29, 1.82) is 0 Å². The third-order valence-electron chi connectivity index (χ3n) is 3.10. The first kappa shape index (κ1) is 9.04. The number of hydrogen-bond donors (Lipinski definition) is 2. The summed E-state index contributed by atoms with van der Waals surface area (Å²) < 4.78 is 5.91. The van der Waals surface area contributed by atoms with Crippen molar-refractivity contribution in [2.75, 3.05) is 25.0 Å². The highest BCUT2D eigenvalue weighted by Crippen LogP contribution is 2.27. The van der Waals surface area contributed by atoms with Gasteiger partial charge < -0.3 is 15.4 Å². The smallest absolute Gasteiger partial charge is 0.120 e. The third kappa shape index (κ3) is 1.79. The number of hydrogen-bond acceptors (Lipinski definition) is 3. The van der Waals surface area contributed by atoms with Crippen LogP contribution in [0, 0.1) is 0 Å². The van der Waals surface area contributed by atoms with Crippen LogP contribution in [0.15, 0.2) is 18.2 Å². The zero-order valence-electron chi connectivity index (χ0n) is 8.75. The molecule has 0 bridgehead atoms. The molecule has 0 aliphatic carbocycles. The Bertz CT molecular complexity index is 359. The molecule has 0 aromatic heterocycles. The molecule has 0 radical (unpaired) electrons. The molecule has 3 nitrogen and oxygen atoms in total. The number of benzene rings is 1. The van der Waals surface area contributed by atoms with Crippen molar-refractivity contribution in [2.24, 2.45) is 0 Å². The lowest BCUT2D eigenvalue weighted by molar-refractivity contribution is 0.223. The van der Waals surface area contributed by atoms with Crippen LogP contribution < -0.4 is 15.4 Å². The van der Waals surface area contributed by atoms with Gasteiger partial charge in [-0.05, 0) is 43.1 Å². The Kier molecular flexibility index (Phi) is 2.25. The Labute approximate surface area is 89.8 Å². The van der Waals surface area contributed by atoms with Crippen molar-refractivity contribution in [1.82, 2.24) is 5.32 Å². The summed E-state index contributed by atoms with van der Waals surface area (Å²) in [6, 6.07) is 6.36. The van der Waals surface area contributed by atoms with Crippen molar-refractivity contribution in [3.05, 3.63) is 23.8 Å². The molecule has 1 aromatic rings. The summed E-state index contributed by atoms with van der Waals surface area (Å²) in [6.07, 6.45) is 2.60. The van der Waals surface area contributed by atoms with Crippen LogP contribution in [0.5, 0.6) is 5.75 Å². The van der Waals surface area contributed by atoms with E-state index in [9.17, 15) is 0 Å². The van der Waals surface area contributed by atoms with Gasteiger partial charge in [-0.2, -0.15) is 0 Å². The van der Waals surface area contributed by atoms with Crippen molar-refractivity contribution in [2.45, 2.75) is 18.9 Å². The molecule has 1 aromatic carbocycles. The average molecular weight is 204 g/mol. The van der Waals surface area contributed by atoms with Gasteiger partial charge in [-0.15, -0.1) is 0 Å². The van der Waals surface area contributed by atoms with Crippen LogP contribution in [-0.4, -0.2) is 25.7 Å². The van der Waals surface area contributed by atoms with E-state index in [1.807, 2.05) is 0 Å². The zero-order chi connectivity index (χ0) is 10.1. The second kappa shape index (κ2) is 3.74. The van der Waals surface area contributed by atoms with Crippen molar-refractivity contribution >= 4 is 5.69 Å². The van der Waals surface area contributed by atoms with Crippen LogP contribution in [0.1, 0.15) is 12.0 Å². The average Bonchev–Trinajstić information content (AvgIpc) is 2.87. The highest BCUT2D eigenvalue weighted by Gasteiger charge is 2.17. The molecular formula is C12H16N2O. The minimum Gasteiger partial charge on any atom is -0.489 e. The van der Waals surface area contributed by atoms with E-state index in [-0.39, 0.29) is 0 Å². The number of anilines is 1. The quantitative estimate of drug-likeness (QED) is 0.764. The number of ether oxygens (including phenoxy) is 1. The standard InChI is InChI=1S/C12H16N2O/c1-2-12-9(3-6-14-12)7-10(1)15-11-4-5-13-8-11/h1-2,7,11,13-14H,3-6,8H2. The first-order valence-electron chi connectivity index (χ1n) is 5.66. The number of nitrogens with one attached hydrogen (secondary N) is 2. The van der Waals surface area contributed by atoms with Crippen LogP contribution in [0.2, 0.25) is 0 Å². The van der Waals surface area contributed by atoms with E-state index < -0.39 is 0 Å². The minimum absolute atomic E-state index is 0.359. The van der Waals surface area contributed by atoms with Gasteiger partial charge in [0.05, 0.1) is 0 Å². The topological polar surface area (TPSA) is 33.3 Å². The minimum atomic E-state index is 0.359. The normalized spacial score (nSPS) is 23.6. The fourth-order valence-electron chi connectivity index (χ4n) is 2.28. The first-order chi connectivity index (χ1) is 7.42. The maximum atomic E-state index is 5.91. The maximum Gasteiger partial charge on any atom is 0.120 e. The van der Waals surface area contributed by atoms with E-state index in [0.29, 0.717) is 6.10 Å². The summed E-state index contributed by atoms with van der Waals surface area (Å²) in [5.41, 5.74) is 2.66. The lowest BCUT2D eigenvalue weighted by atomic mass is 10.1. The molecule has 3 heteroatoms. The Morgan fingerprint density at radius 2 is 2.27 bits per heavy atom. The lowest BCUT2D eigenvalue weighted by Gasteiger charge is -2.13. The molecule has 1 atom stereocenters. The lowest BCUT2D eigenvalue weighted by Crippen LogP contribution is -2.19. The summed E-state index contributed by atoms with van der Waals surface area (Å²) in [4.78, 5) is 0. The molecular weight excluding hydrogens is 188 g/mol. The third-order valence-corrected chi connectivity index (χ3v) is 3.10. The van der Waals surface area contributed by atoms with Crippen LogP contribution in [0.25, 0.3) is 0 Å². The SMILES string of the molecule is c1cc2c(cc1OC1CCNC1)CCN2. The molecule has 80 valence electrons. The fraction of sp³-hybridized carbons (Fsp3) is 0.500. The molecule has 1 saturated heterocycles. The monoisotopic (exact) mass is 204 g/mol. The molecule has 2 aliphatic heterocycles. The van der Waals surface area contributed by atoms with Crippen molar-refractivity contribution < 1.29 is 4.74 Å².